The molecule has 0 fully saturated rings. The Morgan fingerprint density at radius 2 is 2.00 bits per heavy atom. The third-order valence-corrected chi connectivity index (χ3v) is 1.14. The monoisotopic (exact) mass is 168 g/mol. The average molecular weight is 168 g/mol. The van der Waals surface area contributed by atoms with Gasteiger partial charge in [0.15, 0.2) is 0 Å². The smallest absolute Gasteiger partial charge is 0.120 e. The lowest BCUT2D eigenvalue weighted by Gasteiger charge is -2.21. The molecule has 0 spiro atoms. The summed E-state index contributed by atoms with van der Waals surface area (Å²) in [6.45, 7) is 7.05. The van der Waals surface area contributed by atoms with Crippen LogP contribution in [0.3, 0.4) is 0 Å². The van der Waals surface area contributed by atoms with Crippen molar-refractivity contribution in [1.29, 1.82) is 0 Å². The first-order chi connectivity index (χ1) is 7.15. The lowest BCUT2D eigenvalue weighted by atomic mass is 10.2. The summed E-state index contributed by atoms with van der Waals surface area (Å²) >= 11 is 0. The van der Waals surface area contributed by atoms with Crippen LogP contribution in [0, 0.1) is 6.92 Å². The van der Waals surface area contributed by atoms with Gasteiger partial charge in [-0.15, -0.1) is 0 Å². The fourth-order valence-corrected chi connectivity index (χ4v) is 0.772. The fraction of sp³-hybridized carbons (Fsp3) is 0.455. The van der Waals surface area contributed by atoms with Crippen molar-refractivity contribution in [2.75, 3.05) is 0 Å². The Balaban J connectivity index is 3.40. The highest BCUT2D eigenvalue weighted by Crippen LogP contribution is 2.18. The second-order valence-electron chi connectivity index (χ2n) is 3.67. The van der Waals surface area contributed by atoms with E-state index in [0.717, 1.165) is 0 Å². The molecule has 0 saturated carbocycles. The van der Waals surface area contributed by atoms with Crippen molar-refractivity contribution >= 4 is 0 Å². The fourth-order valence-electron chi connectivity index (χ4n) is 0.772. The predicted molar refractivity (Wildman–Crippen MR) is 51.6 cm³/mol. The number of hydrogen-bond acceptors (Lipinski definition) is 1. The van der Waals surface area contributed by atoms with Crippen LogP contribution < -0.4 is 4.74 Å². The summed E-state index contributed by atoms with van der Waals surface area (Å²) in [7, 11) is 0. The Bertz CT molecular complexity index is 392. The van der Waals surface area contributed by atoms with Crippen molar-refractivity contribution in [2.24, 2.45) is 0 Å². The molecule has 0 saturated heterocycles. The predicted octanol–water partition coefficient (Wildman–Crippen LogP) is 3.17. The lowest BCUT2D eigenvalue weighted by molar-refractivity contribution is 0.131. The van der Waals surface area contributed by atoms with E-state index in [9.17, 15) is 0 Å². The molecular formula is C11H16O. The van der Waals surface area contributed by atoms with Crippen LogP contribution in [0.4, 0.5) is 0 Å². The first-order valence-corrected chi connectivity index (χ1v) is 3.91. The van der Waals surface area contributed by atoms with Crippen LogP contribution in [0.25, 0.3) is 0 Å². The minimum absolute atomic E-state index is 0.0286. The molecular weight excluding hydrogens is 148 g/mol. The molecule has 0 aliphatic rings. The van der Waals surface area contributed by atoms with Gasteiger partial charge in [-0.2, -0.15) is 0 Å². The molecule has 1 aromatic rings. The van der Waals surface area contributed by atoms with Gasteiger partial charge in [0.2, 0.25) is 0 Å². The molecule has 0 heterocycles. The van der Waals surface area contributed by atoms with Gasteiger partial charge >= 0.3 is 0 Å². The third kappa shape index (κ3) is 2.95. The van der Waals surface area contributed by atoms with Gasteiger partial charge in [0.1, 0.15) is 11.4 Å². The number of hydrogen-bond donors (Lipinski definition) is 0. The van der Waals surface area contributed by atoms with Crippen molar-refractivity contribution in [1.82, 2.24) is 0 Å². The van der Waals surface area contributed by atoms with E-state index in [2.05, 4.69) is 0 Å². The molecule has 66 valence electrons. The van der Waals surface area contributed by atoms with Gasteiger partial charge < -0.3 is 4.74 Å². The van der Waals surface area contributed by atoms with Crippen LogP contribution in [0.5, 0.6) is 5.75 Å². The van der Waals surface area contributed by atoms with E-state index in [-0.39, 0.29) is 29.9 Å². The van der Waals surface area contributed by atoms with E-state index in [1.165, 1.54) is 0 Å². The van der Waals surface area contributed by atoms with E-state index < -0.39 is 5.60 Å². The summed E-state index contributed by atoms with van der Waals surface area (Å²) in [5, 5.41) is 0. The zero-order valence-electron chi connectivity index (χ0n) is 11.9. The summed E-state index contributed by atoms with van der Waals surface area (Å²) in [6.07, 6.45) is 0. The van der Waals surface area contributed by atoms with Gasteiger partial charge in [0, 0.05) is 0 Å². The number of rotatable bonds is 1. The van der Waals surface area contributed by atoms with Gasteiger partial charge in [-0.25, -0.2) is 0 Å². The summed E-state index contributed by atoms with van der Waals surface area (Å²) in [6, 6.07) is -0.416. The minimum atomic E-state index is -0.520. The topological polar surface area (TPSA) is 9.23 Å². The Kier molecular flexibility index (Phi) is 1.30. The summed E-state index contributed by atoms with van der Waals surface area (Å²) < 4.78 is 36.2. The van der Waals surface area contributed by atoms with Crippen LogP contribution in [0.15, 0.2) is 24.2 Å². The van der Waals surface area contributed by atoms with E-state index >= 15 is 0 Å². The van der Waals surface area contributed by atoms with Crippen molar-refractivity contribution < 1.29 is 10.2 Å². The van der Waals surface area contributed by atoms with Crippen LogP contribution in [-0.2, 0) is 0 Å². The molecule has 0 unspecified atom stereocenters. The third-order valence-electron chi connectivity index (χ3n) is 1.14. The first-order valence-electron chi connectivity index (χ1n) is 5.91. The van der Waals surface area contributed by atoms with Crippen molar-refractivity contribution in [3.05, 3.63) is 29.7 Å². The quantitative estimate of drug-likeness (QED) is 0.626. The summed E-state index contributed by atoms with van der Waals surface area (Å²) in [4.78, 5) is 0. The highest BCUT2D eigenvalue weighted by molar-refractivity contribution is 5.27. The minimum Gasteiger partial charge on any atom is -0.488 e. The molecule has 0 aliphatic heterocycles. The molecule has 12 heavy (non-hydrogen) atoms. The standard InChI is InChI=1S/C11H16O/c1-9-6-5-7-10(8-9)12-11(2,3)4/h5-8H,1-4H3/i5D,6D,7D,8D. The molecule has 1 nitrogen and oxygen atoms in total. The zero-order chi connectivity index (χ0) is 12.7. The molecule has 0 aromatic heterocycles. The Labute approximate surface area is 80.0 Å². The molecule has 0 radical (unpaired) electrons. The van der Waals surface area contributed by atoms with Gasteiger partial charge in [-0.3, -0.25) is 0 Å². The SMILES string of the molecule is [2H]c1c([2H])c(C)c([2H])c(OC(C)(C)C)c1[2H]. The highest BCUT2D eigenvalue weighted by Gasteiger charge is 2.10. The Morgan fingerprint density at radius 3 is 2.58 bits per heavy atom. The maximum absolute atomic E-state index is 7.81. The maximum atomic E-state index is 7.81. The second kappa shape index (κ2) is 3.18. The first kappa shape index (κ1) is 4.90. The maximum Gasteiger partial charge on any atom is 0.120 e. The molecule has 0 bridgehead atoms. The van der Waals surface area contributed by atoms with Crippen molar-refractivity contribution in [3.8, 4) is 5.75 Å². The molecule has 1 heteroatoms. The molecule has 0 aliphatic carbocycles. The number of ether oxygens (including phenoxy) is 1. The lowest BCUT2D eigenvalue weighted by Crippen LogP contribution is -2.22. The van der Waals surface area contributed by atoms with Gasteiger partial charge in [-0.05, 0) is 45.3 Å². The van der Waals surface area contributed by atoms with Crippen LogP contribution in [0.1, 0.15) is 31.8 Å². The molecule has 0 amide bonds. The van der Waals surface area contributed by atoms with Gasteiger partial charge in [0.05, 0.1) is 5.48 Å². The Hall–Kier alpha value is -0.980. The molecule has 1 rings (SSSR count). The van der Waals surface area contributed by atoms with Crippen LogP contribution >= 0.6 is 0 Å². The van der Waals surface area contributed by atoms with Crippen molar-refractivity contribution in [3.63, 3.8) is 0 Å². The Morgan fingerprint density at radius 1 is 1.33 bits per heavy atom. The average Bonchev–Trinajstić information content (AvgIpc) is 2.17. The number of benzene rings is 1. The van der Waals surface area contributed by atoms with Gasteiger partial charge in [-0.1, -0.05) is 12.1 Å². The van der Waals surface area contributed by atoms with E-state index in [1.54, 1.807) is 6.92 Å². The van der Waals surface area contributed by atoms with E-state index in [0.29, 0.717) is 5.56 Å². The van der Waals surface area contributed by atoms with Gasteiger partial charge in [0.25, 0.3) is 0 Å². The highest BCUT2D eigenvalue weighted by atomic mass is 16.5. The molecule has 0 N–H and O–H groups in total. The molecule has 1 aromatic carbocycles. The second-order valence-corrected chi connectivity index (χ2v) is 3.67. The normalized spacial score (nSPS) is 16.0. The largest absolute Gasteiger partial charge is 0.488 e. The van der Waals surface area contributed by atoms with Crippen LogP contribution in [-0.4, -0.2) is 5.60 Å². The van der Waals surface area contributed by atoms with E-state index in [4.69, 9.17) is 10.2 Å². The summed E-state index contributed by atoms with van der Waals surface area (Å²) in [5.41, 5.74) is -0.145. The van der Waals surface area contributed by atoms with E-state index in [1.807, 2.05) is 20.8 Å². The molecule has 0 atom stereocenters. The van der Waals surface area contributed by atoms with Crippen molar-refractivity contribution in [2.45, 2.75) is 33.3 Å². The summed E-state index contributed by atoms with van der Waals surface area (Å²) in [5.74, 6) is 0.0889. The van der Waals surface area contributed by atoms with Crippen LogP contribution in [0.2, 0.25) is 0 Å². The zero-order valence-corrected chi connectivity index (χ0v) is 7.91.